The zero-order valence-electron chi connectivity index (χ0n) is 10.2. The van der Waals surface area contributed by atoms with Crippen molar-refractivity contribution in [3.05, 3.63) is 0 Å². The summed E-state index contributed by atoms with van der Waals surface area (Å²) in [6.07, 6.45) is 7.08. The summed E-state index contributed by atoms with van der Waals surface area (Å²) in [7, 11) is 0. The van der Waals surface area contributed by atoms with E-state index < -0.39 is 0 Å². The normalized spacial score (nSPS) is 12.5. The summed E-state index contributed by atoms with van der Waals surface area (Å²) >= 11 is 0. The molecule has 0 fully saturated rings. The van der Waals surface area contributed by atoms with Gasteiger partial charge in [-0.25, -0.2) is 0 Å². The van der Waals surface area contributed by atoms with Gasteiger partial charge in [0.1, 0.15) is 0 Å². The number of hydrogen-bond acceptors (Lipinski definition) is 2. The first kappa shape index (κ1) is 14.4. The third kappa shape index (κ3) is 8.43. The lowest BCUT2D eigenvalue weighted by molar-refractivity contribution is -0.121. The van der Waals surface area contributed by atoms with E-state index in [0.29, 0.717) is 19.0 Å². The highest BCUT2D eigenvalue weighted by Crippen LogP contribution is 2.07. The largest absolute Gasteiger partial charge is 0.353 e. The van der Waals surface area contributed by atoms with E-state index in [0.717, 1.165) is 25.7 Å². The van der Waals surface area contributed by atoms with Gasteiger partial charge in [-0.1, -0.05) is 33.1 Å². The number of nitrogens with one attached hydrogen (secondary N) is 1. The number of rotatable bonds is 9. The molecule has 0 saturated heterocycles. The molecule has 0 aromatic carbocycles. The predicted molar refractivity (Wildman–Crippen MR) is 64.7 cm³/mol. The molecule has 1 atom stereocenters. The van der Waals surface area contributed by atoms with Crippen LogP contribution < -0.4 is 11.1 Å². The summed E-state index contributed by atoms with van der Waals surface area (Å²) in [6, 6.07) is 0.375. The lowest BCUT2D eigenvalue weighted by Gasteiger charge is -2.17. The molecule has 0 spiro atoms. The van der Waals surface area contributed by atoms with E-state index in [2.05, 4.69) is 19.2 Å². The Morgan fingerprint density at radius 2 is 1.93 bits per heavy atom. The number of carbonyl (C=O) groups excluding carboxylic acids is 1. The van der Waals surface area contributed by atoms with Crippen molar-refractivity contribution in [2.24, 2.45) is 5.73 Å². The Labute approximate surface area is 93.8 Å². The molecule has 3 heteroatoms. The number of amides is 1. The van der Waals surface area contributed by atoms with E-state index in [-0.39, 0.29) is 5.91 Å². The molecule has 0 aliphatic carbocycles. The van der Waals surface area contributed by atoms with Crippen LogP contribution in [0.5, 0.6) is 0 Å². The smallest absolute Gasteiger partial charge is 0.220 e. The van der Waals surface area contributed by atoms with Crippen molar-refractivity contribution in [3.63, 3.8) is 0 Å². The van der Waals surface area contributed by atoms with Crippen molar-refractivity contribution in [2.75, 3.05) is 6.54 Å². The lowest BCUT2D eigenvalue weighted by atomic mass is 10.0. The first-order valence-electron chi connectivity index (χ1n) is 6.24. The highest BCUT2D eigenvalue weighted by atomic mass is 16.1. The van der Waals surface area contributed by atoms with E-state index in [1.807, 2.05) is 0 Å². The Morgan fingerprint density at radius 3 is 2.47 bits per heavy atom. The third-order valence-electron chi connectivity index (χ3n) is 2.52. The van der Waals surface area contributed by atoms with Crippen LogP contribution in [0.4, 0.5) is 0 Å². The Balaban J connectivity index is 3.76. The summed E-state index contributed by atoms with van der Waals surface area (Å²) in [5, 5.41) is 3.09. The molecule has 0 aliphatic heterocycles. The van der Waals surface area contributed by atoms with E-state index >= 15 is 0 Å². The fourth-order valence-corrected chi connectivity index (χ4v) is 1.65. The standard InChI is InChI=1S/C12H26N2O/c1-3-5-8-11(7-4-2)14-12(15)9-6-10-13/h11H,3-10,13H2,1-2H3,(H,14,15). The molecule has 1 unspecified atom stereocenters. The highest BCUT2D eigenvalue weighted by molar-refractivity contribution is 5.76. The van der Waals surface area contributed by atoms with Gasteiger partial charge in [-0.2, -0.15) is 0 Å². The average molecular weight is 214 g/mol. The molecule has 0 saturated carbocycles. The van der Waals surface area contributed by atoms with Crippen molar-refractivity contribution >= 4 is 5.91 Å². The minimum atomic E-state index is 0.162. The fraction of sp³-hybridized carbons (Fsp3) is 0.917. The van der Waals surface area contributed by atoms with E-state index in [4.69, 9.17) is 5.73 Å². The van der Waals surface area contributed by atoms with Crippen LogP contribution in [0.15, 0.2) is 0 Å². The van der Waals surface area contributed by atoms with Gasteiger partial charge in [-0.15, -0.1) is 0 Å². The number of nitrogens with two attached hydrogens (primary N) is 1. The van der Waals surface area contributed by atoms with Crippen LogP contribution in [-0.4, -0.2) is 18.5 Å². The molecule has 0 aromatic rings. The summed E-state index contributed by atoms with van der Waals surface area (Å²) in [4.78, 5) is 11.5. The minimum Gasteiger partial charge on any atom is -0.353 e. The second kappa shape index (κ2) is 9.97. The van der Waals surface area contributed by atoms with Gasteiger partial charge in [0.05, 0.1) is 0 Å². The number of unbranched alkanes of at least 4 members (excludes halogenated alkanes) is 1. The fourth-order valence-electron chi connectivity index (χ4n) is 1.65. The second-order valence-corrected chi connectivity index (χ2v) is 4.09. The molecular weight excluding hydrogens is 188 g/mol. The minimum absolute atomic E-state index is 0.162. The van der Waals surface area contributed by atoms with E-state index in [1.165, 1.54) is 12.8 Å². The molecule has 15 heavy (non-hydrogen) atoms. The third-order valence-corrected chi connectivity index (χ3v) is 2.52. The van der Waals surface area contributed by atoms with Crippen molar-refractivity contribution < 1.29 is 4.79 Å². The van der Waals surface area contributed by atoms with Crippen molar-refractivity contribution in [2.45, 2.75) is 64.8 Å². The number of hydrogen-bond donors (Lipinski definition) is 2. The first-order valence-corrected chi connectivity index (χ1v) is 6.24. The molecule has 0 bridgehead atoms. The molecule has 1 amide bonds. The van der Waals surface area contributed by atoms with Crippen molar-refractivity contribution in [3.8, 4) is 0 Å². The summed E-state index contributed by atoms with van der Waals surface area (Å²) in [6.45, 7) is 4.94. The topological polar surface area (TPSA) is 55.1 Å². The average Bonchev–Trinajstić information content (AvgIpc) is 2.23. The van der Waals surface area contributed by atoms with Gasteiger partial charge in [-0.05, 0) is 25.8 Å². The van der Waals surface area contributed by atoms with Crippen LogP contribution in [-0.2, 0) is 4.79 Å². The van der Waals surface area contributed by atoms with E-state index in [9.17, 15) is 4.79 Å². The van der Waals surface area contributed by atoms with E-state index in [1.54, 1.807) is 0 Å². The Kier molecular flexibility index (Phi) is 9.59. The molecule has 0 radical (unpaired) electrons. The van der Waals surface area contributed by atoms with Crippen LogP contribution in [0.3, 0.4) is 0 Å². The van der Waals surface area contributed by atoms with Crippen LogP contribution in [0, 0.1) is 0 Å². The van der Waals surface area contributed by atoms with Crippen molar-refractivity contribution in [1.82, 2.24) is 5.32 Å². The van der Waals surface area contributed by atoms with Gasteiger partial charge in [0.15, 0.2) is 0 Å². The van der Waals surface area contributed by atoms with Crippen LogP contribution >= 0.6 is 0 Å². The van der Waals surface area contributed by atoms with Gasteiger partial charge in [-0.3, -0.25) is 4.79 Å². The maximum Gasteiger partial charge on any atom is 0.220 e. The Bertz CT molecular complexity index is 160. The van der Waals surface area contributed by atoms with Gasteiger partial charge < -0.3 is 11.1 Å². The lowest BCUT2D eigenvalue weighted by Crippen LogP contribution is -2.34. The summed E-state index contributed by atoms with van der Waals surface area (Å²) in [5.41, 5.74) is 5.37. The van der Waals surface area contributed by atoms with Crippen molar-refractivity contribution in [1.29, 1.82) is 0 Å². The van der Waals surface area contributed by atoms with Gasteiger partial charge in [0.2, 0.25) is 5.91 Å². The molecule has 0 rings (SSSR count). The zero-order valence-corrected chi connectivity index (χ0v) is 10.2. The Morgan fingerprint density at radius 1 is 1.20 bits per heavy atom. The monoisotopic (exact) mass is 214 g/mol. The SMILES string of the molecule is CCCCC(CCC)NC(=O)CCCN. The van der Waals surface area contributed by atoms with Gasteiger partial charge in [0, 0.05) is 12.5 Å². The molecule has 0 aliphatic rings. The summed E-state index contributed by atoms with van der Waals surface area (Å²) in [5.74, 6) is 0.162. The molecular formula is C12H26N2O. The first-order chi connectivity index (χ1) is 7.24. The molecule has 0 aromatic heterocycles. The van der Waals surface area contributed by atoms with Crippen LogP contribution in [0.2, 0.25) is 0 Å². The maximum atomic E-state index is 11.5. The van der Waals surface area contributed by atoms with Crippen LogP contribution in [0.1, 0.15) is 58.8 Å². The molecule has 3 nitrogen and oxygen atoms in total. The Hall–Kier alpha value is -0.570. The highest BCUT2D eigenvalue weighted by Gasteiger charge is 2.10. The maximum absolute atomic E-state index is 11.5. The van der Waals surface area contributed by atoms with Crippen LogP contribution in [0.25, 0.3) is 0 Å². The number of carbonyl (C=O) groups is 1. The molecule has 90 valence electrons. The second-order valence-electron chi connectivity index (χ2n) is 4.09. The van der Waals surface area contributed by atoms with Gasteiger partial charge in [0.25, 0.3) is 0 Å². The quantitative estimate of drug-likeness (QED) is 0.618. The van der Waals surface area contributed by atoms with Gasteiger partial charge >= 0.3 is 0 Å². The molecule has 3 N–H and O–H groups in total. The zero-order chi connectivity index (χ0) is 11.5. The predicted octanol–water partition coefficient (Wildman–Crippen LogP) is 2.20. The molecule has 0 heterocycles. The summed E-state index contributed by atoms with van der Waals surface area (Å²) < 4.78 is 0.